The maximum Gasteiger partial charge on any atom is 0.241 e. The Balaban J connectivity index is 1.66. The summed E-state index contributed by atoms with van der Waals surface area (Å²) in [6.07, 6.45) is -0.154. The molecule has 0 spiro atoms. The minimum absolute atomic E-state index is 0.154. The van der Waals surface area contributed by atoms with Gasteiger partial charge < -0.3 is 4.74 Å². The summed E-state index contributed by atoms with van der Waals surface area (Å²) in [5, 5.41) is 0. The molecule has 1 aliphatic heterocycles. The minimum Gasteiger partial charge on any atom is -0.374 e. The van der Waals surface area contributed by atoms with E-state index in [1.54, 1.807) is 0 Å². The van der Waals surface area contributed by atoms with Crippen LogP contribution in [0.25, 0.3) is 0 Å². The summed E-state index contributed by atoms with van der Waals surface area (Å²) in [5.41, 5.74) is 4.86. The van der Waals surface area contributed by atoms with Crippen LogP contribution in [-0.2, 0) is 21.3 Å². The third kappa shape index (κ3) is 4.81. The van der Waals surface area contributed by atoms with E-state index in [9.17, 15) is 8.42 Å². The molecule has 3 rings (SSSR count). The lowest BCUT2D eigenvalue weighted by Crippen LogP contribution is -2.47. The number of morpholine rings is 1. The highest BCUT2D eigenvalue weighted by atomic mass is 32.2. The van der Waals surface area contributed by atoms with Gasteiger partial charge in [-0.05, 0) is 55.5 Å². The molecule has 0 radical (unpaired) electrons. The average molecular weight is 403 g/mol. The van der Waals surface area contributed by atoms with Gasteiger partial charge in [0.1, 0.15) is 0 Å². The summed E-state index contributed by atoms with van der Waals surface area (Å²) < 4.78 is 34.6. The van der Waals surface area contributed by atoms with E-state index in [2.05, 4.69) is 21.8 Å². The largest absolute Gasteiger partial charge is 0.374 e. The molecule has 0 bridgehead atoms. The number of ether oxygens (including phenoxy) is 1. The molecular weight excluding hydrogens is 372 g/mol. The summed E-state index contributed by atoms with van der Waals surface area (Å²) in [7, 11) is -3.59. The molecule has 5 nitrogen and oxygen atoms in total. The molecule has 0 unspecified atom stereocenters. The molecule has 2 aromatic rings. The highest BCUT2D eigenvalue weighted by molar-refractivity contribution is 7.89. The zero-order chi connectivity index (χ0) is 20.3. The first-order chi connectivity index (χ1) is 13.3. The molecule has 1 N–H and O–H groups in total. The standard InChI is InChI=1S/C22H30N2O3S/c1-16-12-17(2)19(4)22(18(16)3)28(25,26)23-13-21-15-24(10-11-27-21)14-20-8-6-5-7-9-20/h5-9,12,21,23H,10-11,13-15H2,1-4H3/t21-/m0/s1. The molecule has 0 aromatic heterocycles. The number of aryl methyl sites for hydroxylation is 2. The zero-order valence-corrected chi connectivity index (χ0v) is 18.0. The van der Waals surface area contributed by atoms with Crippen LogP contribution in [0.15, 0.2) is 41.3 Å². The topological polar surface area (TPSA) is 58.6 Å². The van der Waals surface area contributed by atoms with Gasteiger partial charge in [0.05, 0.1) is 17.6 Å². The van der Waals surface area contributed by atoms with Crippen LogP contribution in [0, 0.1) is 27.7 Å². The summed E-state index contributed by atoms with van der Waals surface area (Å²) in [6.45, 7) is 10.9. The van der Waals surface area contributed by atoms with Crippen LogP contribution in [0.2, 0.25) is 0 Å². The van der Waals surface area contributed by atoms with E-state index < -0.39 is 10.0 Å². The number of nitrogens with zero attached hydrogens (tertiary/aromatic N) is 1. The van der Waals surface area contributed by atoms with E-state index in [1.165, 1.54) is 5.56 Å². The van der Waals surface area contributed by atoms with Crippen molar-refractivity contribution in [2.24, 2.45) is 0 Å². The van der Waals surface area contributed by atoms with Crippen molar-refractivity contribution in [3.8, 4) is 0 Å². The van der Waals surface area contributed by atoms with Gasteiger partial charge >= 0.3 is 0 Å². The van der Waals surface area contributed by atoms with Crippen LogP contribution in [0.5, 0.6) is 0 Å². The predicted octanol–water partition coefficient (Wildman–Crippen LogP) is 3.10. The molecule has 152 valence electrons. The Kier molecular flexibility index (Phi) is 6.55. The summed E-state index contributed by atoms with van der Waals surface area (Å²) in [6, 6.07) is 12.3. The van der Waals surface area contributed by atoms with E-state index in [1.807, 2.05) is 52.0 Å². The molecule has 1 heterocycles. The smallest absolute Gasteiger partial charge is 0.241 e. The second kappa shape index (κ2) is 8.74. The molecule has 28 heavy (non-hydrogen) atoms. The van der Waals surface area contributed by atoms with Crippen molar-refractivity contribution >= 4 is 10.0 Å². The lowest BCUT2D eigenvalue weighted by molar-refractivity contribution is -0.0276. The van der Waals surface area contributed by atoms with Gasteiger partial charge in [-0.15, -0.1) is 0 Å². The van der Waals surface area contributed by atoms with Crippen LogP contribution < -0.4 is 4.72 Å². The van der Waals surface area contributed by atoms with Crippen LogP contribution >= 0.6 is 0 Å². The minimum atomic E-state index is -3.59. The normalized spacial score (nSPS) is 18.4. The van der Waals surface area contributed by atoms with Gasteiger partial charge in [-0.2, -0.15) is 0 Å². The molecule has 1 fully saturated rings. The quantitative estimate of drug-likeness (QED) is 0.807. The van der Waals surface area contributed by atoms with Crippen molar-refractivity contribution in [1.82, 2.24) is 9.62 Å². The first kappa shape index (κ1) is 21.0. The summed E-state index contributed by atoms with van der Waals surface area (Å²) in [4.78, 5) is 2.72. The maximum atomic E-state index is 13.0. The number of sulfonamides is 1. The van der Waals surface area contributed by atoms with Gasteiger partial charge in [-0.1, -0.05) is 36.4 Å². The van der Waals surface area contributed by atoms with Gasteiger partial charge in [-0.3, -0.25) is 4.90 Å². The first-order valence-corrected chi connectivity index (χ1v) is 11.2. The Bertz CT molecular complexity index is 900. The molecule has 1 saturated heterocycles. The SMILES string of the molecule is Cc1cc(C)c(C)c(S(=O)(=O)NC[C@H]2CN(Cc3ccccc3)CCO2)c1C. The Morgan fingerprint density at radius 2 is 1.71 bits per heavy atom. The Morgan fingerprint density at radius 3 is 2.36 bits per heavy atom. The third-order valence-corrected chi connectivity index (χ3v) is 7.24. The molecular formula is C22H30N2O3S. The number of hydrogen-bond acceptors (Lipinski definition) is 4. The Hall–Kier alpha value is -1.73. The molecule has 2 aromatic carbocycles. The Labute approximate surface area is 168 Å². The second-order valence-electron chi connectivity index (χ2n) is 7.65. The van der Waals surface area contributed by atoms with Crippen LogP contribution in [0.4, 0.5) is 0 Å². The highest BCUT2D eigenvalue weighted by Gasteiger charge is 2.26. The molecule has 1 atom stereocenters. The third-order valence-electron chi connectivity index (χ3n) is 5.54. The van der Waals surface area contributed by atoms with Gasteiger partial charge in [0.15, 0.2) is 0 Å². The van der Waals surface area contributed by atoms with Gasteiger partial charge in [0.2, 0.25) is 10.0 Å². The number of hydrogen-bond donors (Lipinski definition) is 1. The molecule has 6 heteroatoms. The van der Waals surface area contributed by atoms with Crippen LogP contribution in [-0.4, -0.2) is 45.7 Å². The predicted molar refractivity (Wildman–Crippen MR) is 112 cm³/mol. The lowest BCUT2D eigenvalue weighted by atomic mass is 10.0. The monoisotopic (exact) mass is 402 g/mol. The summed E-state index contributed by atoms with van der Waals surface area (Å²) >= 11 is 0. The van der Waals surface area contributed by atoms with Crippen molar-refractivity contribution < 1.29 is 13.2 Å². The van der Waals surface area contributed by atoms with Crippen molar-refractivity contribution in [3.63, 3.8) is 0 Å². The van der Waals surface area contributed by atoms with Crippen molar-refractivity contribution in [2.75, 3.05) is 26.2 Å². The number of nitrogens with one attached hydrogen (secondary N) is 1. The van der Waals surface area contributed by atoms with E-state index in [0.29, 0.717) is 18.0 Å². The van der Waals surface area contributed by atoms with Gasteiger partial charge in [0, 0.05) is 26.2 Å². The molecule has 0 aliphatic carbocycles. The van der Waals surface area contributed by atoms with E-state index in [0.717, 1.165) is 35.3 Å². The molecule has 1 aliphatic rings. The fourth-order valence-electron chi connectivity index (χ4n) is 3.75. The van der Waals surface area contributed by atoms with Crippen molar-refractivity contribution in [1.29, 1.82) is 0 Å². The maximum absolute atomic E-state index is 13.0. The summed E-state index contributed by atoms with van der Waals surface area (Å²) in [5.74, 6) is 0. The van der Waals surface area contributed by atoms with Gasteiger partial charge in [0.25, 0.3) is 0 Å². The van der Waals surface area contributed by atoms with Crippen LogP contribution in [0.3, 0.4) is 0 Å². The second-order valence-corrected chi connectivity index (χ2v) is 9.36. The van der Waals surface area contributed by atoms with E-state index in [-0.39, 0.29) is 12.6 Å². The number of rotatable bonds is 6. The fourth-order valence-corrected chi connectivity index (χ4v) is 5.43. The highest BCUT2D eigenvalue weighted by Crippen LogP contribution is 2.26. The molecule has 0 saturated carbocycles. The average Bonchev–Trinajstić information content (AvgIpc) is 2.66. The Morgan fingerprint density at radius 1 is 1.07 bits per heavy atom. The van der Waals surface area contributed by atoms with Crippen LogP contribution in [0.1, 0.15) is 27.8 Å². The van der Waals surface area contributed by atoms with Gasteiger partial charge in [-0.25, -0.2) is 13.1 Å². The fraction of sp³-hybridized carbons (Fsp3) is 0.455. The zero-order valence-electron chi connectivity index (χ0n) is 17.2. The molecule has 0 amide bonds. The van der Waals surface area contributed by atoms with E-state index >= 15 is 0 Å². The number of benzene rings is 2. The first-order valence-electron chi connectivity index (χ1n) is 9.73. The van der Waals surface area contributed by atoms with E-state index in [4.69, 9.17) is 4.74 Å². The van der Waals surface area contributed by atoms with Crippen molar-refractivity contribution in [3.05, 3.63) is 64.2 Å². The lowest BCUT2D eigenvalue weighted by Gasteiger charge is -2.33. The van der Waals surface area contributed by atoms with Crippen molar-refractivity contribution in [2.45, 2.75) is 45.2 Å².